The third kappa shape index (κ3) is 2.51. The minimum absolute atomic E-state index is 0.253. The van der Waals surface area contributed by atoms with Crippen LogP contribution in [-0.2, 0) is 20.6 Å². The van der Waals surface area contributed by atoms with E-state index in [9.17, 15) is 9.59 Å². The predicted molar refractivity (Wildman–Crippen MR) is 77.9 cm³/mol. The van der Waals surface area contributed by atoms with E-state index in [4.69, 9.17) is 0 Å². The van der Waals surface area contributed by atoms with Crippen LogP contribution >= 0.6 is 15.9 Å². The lowest BCUT2D eigenvalue weighted by Gasteiger charge is -2.08. The minimum atomic E-state index is -0.296. The maximum absolute atomic E-state index is 12.3. The van der Waals surface area contributed by atoms with E-state index in [1.165, 1.54) is 9.13 Å². The van der Waals surface area contributed by atoms with Gasteiger partial charge in [-0.2, -0.15) is 0 Å². The lowest BCUT2D eigenvalue weighted by atomic mass is 10.2. The van der Waals surface area contributed by atoms with Gasteiger partial charge in [-0.05, 0) is 12.8 Å². The van der Waals surface area contributed by atoms with Crippen LogP contribution in [0.1, 0.15) is 19.3 Å². The Morgan fingerprint density at radius 1 is 1.21 bits per heavy atom. The van der Waals surface area contributed by atoms with Gasteiger partial charge in [-0.1, -0.05) is 22.4 Å². The zero-order valence-corrected chi connectivity index (χ0v) is 12.7. The summed E-state index contributed by atoms with van der Waals surface area (Å²) in [6.45, 7) is 0.458. The summed E-state index contributed by atoms with van der Waals surface area (Å²) < 4.78 is 4.39. The van der Waals surface area contributed by atoms with E-state index in [0.717, 1.165) is 24.6 Å². The highest BCUT2D eigenvalue weighted by molar-refractivity contribution is 9.09. The van der Waals surface area contributed by atoms with Gasteiger partial charge in [0.1, 0.15) is 0 Å². The molecule has 0 saturated heterocycles. The van der Waals surface area contributed by atoms with E-state index in [-0.39, 0.29) is 11.2 Å². The molecule has 0 aliphatic rings. The van der Waals surface area contributed by atoms with Crippen molar-refractivity contribution in [3.63, 3.8) is 0 Å². The van der Waals surface area contributed by atoms with Crippen LogP contribution in [0.5, 0.6) is 0 Å². The number of unbranched alkanes of at least 4 members (excludes halogenated alkanes) is 2. The van der Waals surface area contributed by atoms with Gasteiger partial charge in [0, 0.05) is 26.0 Å². The largest absolute Gasteiger partial charge is 0.332 e. The van der Waals surface area contributed by atoms with Crippen molar-refractivity contribution < 1.29 is 0 Å². The van der Waals surface area contributed by atoms with Crippen LogP contribution in [0.25, 0.3) is 11.2 Å². The summed E-state index contributed by atoms with van der Waals surface area (Å²) in [5, 5.41) is 0.945. The number of fused-ring (bicyclic) bond motifs is 1. The molecule has 0 amide bonds. The Morgan fingerprint density at radius 2 is 1.95 bits per heavy atom. The molecule has 0 spiro atoms. The highest BCUT2D eigenvalue weighted by atomic mass is 79.9. The van der Waals surface area contributed by atoms with Crippen molar-refractivity contribution in [1.82, 2.24) is 18.7 Å². The number of hydrogen-bond donors (Lipinski definition) is 0. The second-order valence-electron chi connectivity index (χ2n) is 4.58. The van der Waals surface area contributed by atoms with Crippen molar-refractivity contribution in [2.75, 3.05) is 5.33 Å². The van der Waals surface area contributed by atoms with Crippen molar-refractivity contribution in [2.24, 2.45) is 14.1 Å². The van der Waals surface area contributed by atoms with E-state index in [1.54, 1.807) is 25.0 Å². The fourth-order valence-corrected chi connectivity index (χ4v) is 2.53. The van der Waals surface area contributed by atoms with E-state index in [1.807, 2.05) is 0 Å². The van der Waals surface area contributed by atoms with Gasteiger partial charge in [0.2, 0.25) is 0 Å². The van der Waals surface area contributed by atoms with Crippen molar-refractivity contribution >= 4 is 27.1 Å². The summed E-state index contributed by atoms with van der Waals surface area (Å²) >= 11 is 3.37. The van der Waals surface area contributed by atoms with Crippen LogP contribution in [0.2, 0.25) is 0 Å². The molecule has 19 heavy (non-hydrogen) atoms. The number of alkyl halides is 1. The van der Waals surface area contributed by atoms with Gasteiger partial charge in [0.15, 0.2) is 11.2 Å². The van der Waals surface area contributed by atoms with Crippen LogP contribution in [-0.4, -0.2) is 24.0 Å². The summed E-state index contributed by atoms with van der Waals surface area (Å²) in [4.78, 5) is 28.6. The van der Waals surface area contributed by atoms with Gasteiger partial charge in [0.05, 0.1) is 6.33 Å². The summed E-state index contributed by atoms with van der Waals surface area (Å²) in [6.07, 6.45) is 4.41. The topological polar surface area (TPSA) is 61.8 Å². The molecule has 0 atom stereocenters. The number of rotatable bonds is 5. The van der Waals surface area contributed by atoms with Crippen LogP contribution in [0.4, 0.5) is 0 Å². The molecule has 2 aromatic heterocycles. The highest BCUT2D eigenvalue weighted by Crippen LogP contribution is 2.04. The molecule has 0 fully saturated rings. The quantitative estimate of drug-likeness (QED) is 0.607. The van der Waals surface area contributed by atoms with Crippen LogP contribution in [0, 0.1) is 0 Å². The number of aromatic nitrogens is 4. The molecule has 2 aromatic rings. The number of hydrogen-bond acceptors (Lipinski definition) is 3. The van der Waals surface area contributed by atoms with E-state index < -0.39 is 0 Å². The fourth-order valence-electron chi connectivity index (χ4n) is 2.13. The average molecular weight is 329 g/mol. The molecule has 6 nitrogen and oxygen atoms in total. The number of imidazole rings is 1. The monoisotopic (exact) mass is 328 g/mol. The molecular formula is C12H17BrN4O2. The standard InChI is InChI=1S/C12H17BrN4O2/c1-15-8-14-10-9(15)11(18)17(12(19)16(10)2)7-5-3-4-6-13/h8H,3-7H2,1-2H3. The van der Waals surface area contributed by atoms with Gasteiger partial charge in [-0.15, -0.1) is 0 Å². The minimum Gasteiger partial charge on any atom is -0.328 e. The number of halogens is 1. The summed E-state index contributed by atoms with van der Waals surface area (Å²) in [5.74, 6) is 0. The second-order valence-corrected chi connectivity index (χ2v) is 5.37. The van der Waals surface area contributed by atoms with Crippen LogP contribution in [0.15, 0.2) is 15.9 Å². The van der Waals surface area contributed by atoms with Gasteiger partial charge < -0.3 is 4.57 Å². The molecule has 0 bridgehead atoms. The predicted octanol–water partition coefficient (Wildman–Crippen LogP) is 0.999. The van der Waals surface area contributed by atoms with Crippen LogP contribution < -0.4 is 11.2 Å². The Morgan fingerprint density at radius 3 is 2.63 bits per heavy atom. The van der Waals surface area contributed by atoms with Crippen molar-refractivity contribution in [1.29, 1.82) is 0 Å². The molecule has 0 aromatic carbocycles. The summed E-state index contributed by atoms with van der Waals surface area (Å²) in [6, 6.07) is 0. The molecule has 0 saturated carbocycles. The zero-order chi connectivity index (χ0) is 14.0. The Kier molecular flexibility index (Phi) is 4.24. The fraction of sp³-hybridized carbons (Fsp3) is 0.583. The SMILES string of the molecule is Cn1cnc2c1c(=O)n(CCCCCBr)c(=O)n2C. The van der Waals surface area contributed by atoms with Crippen molar-refractivity contribution in [3.8, 4) is 0 Å². The van der Waals surface area contributed by atoms with Gasteiger partial charge in [-0.25, -0.2) is 9.78 Å². The second kappa shape index (κ2) is 5.73. The molecule has 2 rings (SSSR count). The molecule has 0 unspecified atom stereocenters. The third-order valence-corrected chi connectivity index (χ3v) is 3.78. The van der Waals surface area contributed by atoms with Gasteiger partial charge in [0.25, 0.3) is 5.56 Å². The van der Waals surface area contributed by atoms with E-state index in [2.05, 4.69) is 20.9 Å². The average Bonchev–Trinajstić information content (AvgIpc) is 2.77. The smallest absolute Gasteiger partial charge is 0.328 e. The summed E-state index contributed by atoms with van der Waals surface area (Å²) in [5.41, 5.74) is 0.365. The van der Waals surface area contributed by atoms with E-state index in [0.29, 0.717) is 17.7 Å². The number of aryl methyl sites for hydroxylation is 2. The maximum Gasteiger partial charge on any atom is 0.332 e. The maximum atomic E-state index is 12.3. The molecule has 0 aliphatic heterocycles. The molecule has 0 aliphatic carbocycles. The van der Waals surface area contributed by atoms with Crippen LogP contribution in [0.3, 0.4) is 0 Å². The zero-order valence-electron chi connectivity index (χ0n) is 11.1. The van der Waals surface area contributed by atoms with E-state index >= 15 is 0 Å². The van der Waals surface area contributed by atoms with Gasteiger partial charge >= 0.3 is 5.69 Å². The first kappa shape index (κ1) is 14.0. The Bertz CT molecular complexity index is 698. The van der Waals surface area contributed by atoms with Crippen molar-refractivity contribution in [2.45, 2.75) is 25.8 Å². The van der Waals surface area contributed by atoms with Crippen molar-refractivity contribution in [3.05, 3.63) is 27.2 Å². The highest BCUT2D eigenvalue weighted by Gasteiger charge is 2.14. The molecule has 104 valence electrons. The Hall–Kier alpha value is -1.37. The number of nitrogens with zero attached hydrogens (tertiary/aromatic N) is 4. The first-order chi connectivity index (χ1) is 9.07. The normalized spacial score (nSPS) is 11.3. The molecule has 0 radical (unpaired) electrons. The Balaban J connectivity index is 2.46. The lowest BCUT2D eigenvalue weighted by Crippen LogP contribution is -2.39. The van der Waals surface area contributed by atoms with Gasteiger partial charge in [-0.3, -0.25) is 13.9 Å². The first-order valence-corrected chi connectivity index (χ1v) is 7.37. The lowest BCUT2D eigenvalue weighted by molar-refractivity contribution is 0.551. The molecule has 7 heteroatoms. The first-order valence-electron chi connectivity index (χ1n) is 6.24. The Labute approximate surface area is 118 Å². The third-order valence-electron chi connectivity index (χ3n) is 3.22. The molecular weight excluding hydrogens is 312 g/mol. The molecule has 2 heterocycles. The summed E-state index contributed by atoms with van der Waals surface area (Å²) in [7, 11) is 3.41. The molecule has 0 N–H and O–H groups in total.